The number of ether oxygens (including phenoxy) is 2. The molecule has 2 N–H and O–H groups in total. The Hall–Kier alpha value is -5.15. The van der Waals surface area contributed by atoms with Crippen molar-refractivity contribution in [2.45, 2.75) is 12.1 Å². The van der Waals surface area contributed by atoms with Crippen molar-refractivity contribution in [1.82, 2.24) is 14.9 Å². The van der Waals surface area contributed by atoms with Crippen LogP contribution in [0.15, 0.2) is 122 Å². The predicted molar refractivity (Wildman–Crippen MR) is 167 cm³/mol. The number of nitrogens with zero attached hydrogens (tertiary/aromatic N) is 3. The molecular formula is C33H29N5O3S. The topological polar surface area (TPSA) is 80.7 Å². The summed E-state index contributed by atoms with van der Waals surface area (Å²) in [5.41, 5.74) is 4.35. The van der Waals surface area contributed by atoms with E-state index >= 15 is 0 Å². The highest BCUT2D eigenvalue weighted by atomic mass is 32.1. The van der Waals surface area contributed by atoms with E-state index in [1.54, 1.807) is 13.3 Å². The summed E-state index contributed by atoms with van der Waals surface area (Å²) < 4.78 is 13.4. The molecule has 42 heavy (non-hydrogen) atoms. The number of rotatable bonds is 9. The van der Waals surface area contributed by atoms with Gasteiger partial charge < -0.3 is 29.6 Å². The normalized spacial score (nSPS) is 16.1. The molecular weight excluding hydrogens is 546 g/mol. The molecule has 2 atom stereocenters. The number of nitrogens with one attached hydrogen (secondary N) is 2. The summed E-state index contributed by atoms with van der Waals surface area (Å²) in [6, 6.07) is 34.4. The van der Waals surface area contributed by atoms with Gasteiger partial charge in [-0.15, -0.1) is 0 Å². The van der Waals surface area contributed by atoms with Crippen LogP contribution in [-0.4, -0.2) is 34.3 Å². The van der Waals surface area contributed by atoms with Crippen LogP contribution in [0.5, 0.6) is 11.5 Å². The number of benzene rings is 3. The summed E-state index contributed by atoms with van der Waals surface area (Å²) in [6.45, 7) is -0.0837. The monoisotopic (exact) mass is 575 g/mol. The Morgan fingerprint density at radius 3 is 2.45 bits per heavy atom. The average Bonchev–Trinajstić information content (AvgIpc) is 3.65. The summed E-state index contributed by atoms with van der Waals surface area (Å²) in [5.74, 6) is 1.16. The maximum Gasteiger partial charge on any atom is 0.262 e. The minimum atomic E-state index is -0.243. The molecule has 0 unspecified atom stereocenters. The highest BCUT2D eigenvalue weighted by molar-refractivity contribution is 7.80. The van der Waals surface area contributed by atoms with Gasteiger partial charge in [-0.25, -0.2) is 0 Å². The number of hydrogen-bond acceptors (Lipinski definition) is 5. The van der Waals surface area contributed by atoms with Gasteiger partial charge in [-0.3, -0.25) is 9.78 Å². The molecule has 6 rings (SSSR count). The fourth-order valence-electron chi connectivity index (χ4n) is 5.18. The van der Waals surface area contributed by atoms with Crippen LogP contribution in [-0.2, 0) is 4.79 Å². The summed E-state index contributed by atoms with van der Waals surface area (Å²) in [6.07, 6.45) is 3.82. The lowest BCUT2D eigenvalue weighted by molar-refractivity contribution is -0.118. The van der Waals surface area contributed by atoms with Gasteiger partial charge in [0.1, 0.15) is 17.5 Å². The number of methoxy groups -OCH3 is 1. The minimum absolute atomic E-state index is 0.0837. The van der Waals surface area contributed by atoms with Crippen molar-refractivity contribution in [3.05, 3.63) is 133 Å². The van der Waals surface area contributed by atoms with Gasteiger partial charge in [0.15, 0.2) is 11.7 Å². The lowest BCUT2D eigenvalue weighted by Crippen LogP contribution is -2.30. The number of thiocarbonyl (C=S) groups is 1. The molecule has 3 heterocycles. The van der Waals surface area contributed by atoms with Gasteiger partial charge in [-0.2, -0.15) is 0 Å². The van der Waals surface area contributed by atoms with Crippen LogP contribution in [0.25, 0.3) is 5.69 Å². The molecule has 9 heteroatoms. The zero-order chi connectivity index (χ0) is 28.9. The first-order valence-electron chi connectivity index (χ1n) is 13.5. The van der Waals surface area contributed by atoms with Crippen LogP contribution in [0.4, 0.5) is 11.4 Å². The van der Waals surface area contributed by atoms with Gasteiger partial charge in [0, 0.05) is 29.5 Å². The Kier molecular flexibility index (Phi) is 7.83. The zero-order valence-electron chi connectivity index (χ0n) is 22.9. The SMILES string of the molecule is COc1ccccc1-n1cccc1[C@H]1[C@@H](c2ccccn2)NC(=S)N1c1ccc(NC(=O)COc2ccccc2)cc1. The van der Waals surface area contributed by atoms with Gasteiger partial charge in [0.25, 0.3) is 5.91 Å². The first-order valence-corrected chi connectivity index (χ1v) is 13.9. The Morgan fingerprint density at radius 1 is 0.929 bits per heavy atom. The van der Waals surface area contributed by atoms with E-state index in [0.29, 0.717) is 16.5 Å². The Bertz CT molecular complexity index is 1680. The third-order valence-electron chi connectivity index (χ3n) is 7.07. The molecule has 1 aliphatic rings. The summed E-state index contributed by atoms with van der Waals surface area (Å²) in [7, 11) is 1.67. The van der Waals surface area contributed by atoms with Crippen molar-refractivity contribution in [2.24, 2.45) is 0 Å². The molecule has 3 aromatic carbocycles. The maximum atomic E-state index is 12.5. The number of anilines is 2. The van der Waals surface area contributed by atoms with Crippen LogP contribution >= 0.6 is 12.2 Å². The Labute approximate surface area is 249 Å². The van der Waals surface area contributed by atoms with E-state index in [0.717, 1.165) is 28.5 Å². The number of carbonyl (C=O) groups is 1. The number of pyridine rings is 1. The van der Waals surface area contributed by atoms with E-state index in [1.165, 1.54) is 0 Å². The molecule has 1 saturated heterocycles. The number of para-hydroxylation sites is 3. The lowest BCUT2D eigenvalue weighted by atomic mass is 10.0. The van der Waals surface area contributed by atoms with Crippen molar-refractivity contribution in [2.75, 3.05) is 23.9 Å². The molecule has 210 valence electrons. The molecule has 0 spiro atoms. The van der Waals surface area contributed by atoms with Crippen LogP contribution < -0.4 is 25.0 Å². The smallest absolute Gasteiger partial charge is 0.262 e. The second-order valence-corrected chi connectivity index (χ2v) is 10.1. The van der Waals surface area contributed by atoms with Gasteiger partial charge in [-0.05, 0) is 85.0 Å². The van der Waals surface area contributed by atoms with E-state index in [9.17, 15) is 4.79 Å². The van der Waals surface area contributed by atoms with Crippen LogP contribution in [0.3, 0.4) is 0 Å². The van der Waals surface area contributed by atoms with Gasteiger partial charge >= 0.3 is 0 Å². The van der Waals surface area contributed by atoms with Crippen LogP contribution in [0, 0.1) is 0 Å². The van der Waals surface area contributed by atoms with E-state index in [4.69, 9.17) is 21.7 Å². The van der Waals surface area contributed by atoms with Gasteiger partial charge in [0.2, 0.25) is 0 Å². The minimum Gasteiger partial charge on any atom is -0.495 e. The third kappa shape index (κ3) is 5.55. The highest BCUT2D eigenvalue weighted by Gasteiger charge is 2.42. The Balaban J connectivity index is 1.30. The van der Waals surface area contributed by atoms with E-state index < -0.39 is 0 Å². The zero-order valence-corrected chi connectivity index (χ0v) is 23.7. The summed E-state index contributed by atoms with van der Waals surface area (Å²) in [4.78, 5) is 19.3. The Morgan fingerprint density at radius 2 is 1.69 bits per heavy atom. The van der Waals surface area contributed by atoms with Crippen LogP contribution in [0.2, 0.25) is 0 Å². The number of aromatic nitrogens is 2. The highest BCUT2D eigenvalue weighted by Crippen LogP contribution is 2.43. The summed E-state index contributed by atoms with van der Waals surface area (Å²) >= 11 is 5.91. The molecule has 1 fully saturated rings. The molecule has 1 amide bonds. The quantitative estimate of drug-likeness (QED) is 0.206. The second-order valence-electron chi connectivity index (χ2n) is 9.67. The largest absolute Gasteiger partial charge is 0.495 e. The fourth-order valence-corrected chi connectivity index (χ4v) is 5.53. The van der Waals surface area contributed by atoms with E-state index in [2.05, 4.69) is 31.2 Å². The van der Waals surface area contributed by atoms with E-state index in [-0.39, 0.29) is 24.6 Å². The average molecular weight is 576 g/mol. The van der Waals surface area contributed by atoms with Crippen molar-refractivity contribution in [1.29, 1.82) is 0 Å². The summed E-state index contributed by atoms with van der Waals surface area (Å²) in [5, 5.41) is 6.99. The number of hydrogen-bond donors (Lipinski definition) is 2. The predicted octanol–water partition coefficient (Wildman–Crippen LogP) is 6.08. The molecule has 2 aromatic heterocycles. The van der Waals surface area contributed by atoms with E-state index in [1.807, 2.05) is 109 Å². The van der Waals surface area contributed by atoms with Crippen molar-refractivity contribution >= 4 is 34.6 Å². The molecule has 5 aromatic rings. The van der Waals surface area contributed by atoms with Crippen molar-refractivity contribution in [3.63, 3.8) is 0 Å². The molecule has 8 nitrogen and oxygen atoms in total. The molecule has 1 aliphatic heterocycles. The first-order chi connectivity index (χ1) is 20.6. The van der Waals surface area contributed by atoms with Gasteiger partial charge in [0.05, 0.1) is 24.5 Å². The van der Waals surface area contributed by atoms with Crippen LogP contribution in [0.1, 0.15) is 23.5 Å². The maximum absolute atomic E-state index is 12.5. The van der Waals surface area contributed by atoms with Gasteiger partial charge in [-0.1, -0.05) is 36.4 Å². The standard InChI is InChI=1S/C33H29N5O3S/c1-40-29-15-6-5-13-27(29)37-21-9-14-28(37)32-31(26-12-7-8-20-34-26)36-33(42)38(32)24-18-16-23(17-19-24)35-30(39)22-41-25-10-3-2-4-11-25/h2-21,31-32H,22H2,1H3,(H,35,39)(H,36,42)/t31-,32+/m1/s1. The number of amides is 1. The van der Waals surface area contributed by atoms with Crippen molar-refractivity contribution < 1.29 is 14.3 Å². The molecule has 0 saturated carbocycles. The molecule has 0 aliphatic carbocycles. The lowest BCUT2D eigenvalue weighted by Gasteiger charge is -2.29. The third-order valence-corrected chi connectivity index (χ3v) is 7.38. The molecule has 0 radical (unpaired) electrons. The molecule has 0 bridgehead atoms. The number of carbonyl (C=O) groups excluding carboxylic acids is 1. The fraction of sp³-hybridized carbons (Fsp3) is 0.121. The first kappa shape index (κ1) is 27.0. The van der Waals surface area contributed by atoms with Crippen molar-refractivity contribution in [3.8, 4) is 17.2 Å². The second kappa shape index (κ2) is 12.2.